The van der Waals surface area contributed by atoms with Crippen molar-refractivity contribution in [1.82, 2.24) is 9.88 Å². The molecule has 6 heteroatoms. The molecule has 1 aromatic heterocycles. The van der Waals surface area contributed by atoms with Gasteiger partial charge in [0.1, 0.15) is 11.6 Å². The van der Waals surface area contributed by atoms with E-state index in [2.05, 4.69) is 14.8 Å². The molecule has 142 valence electrons. The standard InChI is InChI=1S/C21H23ClFN3O/c22-16-5-10-21(24-12-16)25-13-18-8-9-19(14-25)26(18)11-1-2-20(27)15-3-6-17(23)7-4-15/h3-7,10,12,18-19H,1-2,8-9,11,13-14H2. The number of hydrogen-bond acceptors (Lipinski definition) is 4. The summed E-state index contributed by atoms with van der Waals surface area (Å²) in [6.45, 7) is 2.87. The molecule has 2 aromatic rings. The van der Waals surface area contributed by atoms with Crippen molar-refractivity contribution >= 4 is 23.2 Å². The van der Waals surface area contributed by atoms with Gasteiger partial charge in [0.25, 0.3) is 0 Å². The summed E-state index contributed by atoms with van der Waals surface area (Å²) in [6, 6.07) is 10.7. The Hall–Kier alpha value is -1.98. The molecule has 2 unspecified atom stereocenters. The van der Waals surface area contributed by atoms with Gasteiger partial charge in [0.15, 0.2) is 5.78 Å². The zero-order valence-corrected chi connectivity index (χ0v) is 15.9. The molecule has 2 aliphatic rings. The maximum absolute atomic E-state index is 13.0. The maximum Gasteiger partial charge on any atom is 0.162 e. The molecule has 2 saturated heterocycles. The van der Waals surface area contributed by atoms with Crippen LogP contribution >= 0.6 is 11.6 Å². The Bertz CT molecular complexity index is 782. The summed E-state index contributed by atoms with van der Waals surface area (Å²) in [5.74, 6) is 0.768. The third-order valence-electron chi connectivity index (χ3n) is 5.66. The van der Waals surface area contributed by atoms with Crippen LogP contribution in [0.2, 0.25) is 5.02 Å². The number of hydrogen-bond donors (Lipinski definition) is 0. The number of anilines is 1. The number of pyridine rings is 1. The fraction of sp³-hybridized carbons (Fsp3) is 0.429. The number of carbonyl (C=O) groups excluding carboxylic acids is 1. The topological polar surface area (TPSA) is 36.4 Å². The molecule has 0 N–H and O–H groups in total. The highest BCUT2D eigenvalue weighted by atomic mass is 35.5. The van der Waals surface area contributed by atoms with E-state index in [4.69, 9.17) is 11.6 Å². The monoisotopic (exact) mass is 387 g/mol. The number of carbonyl (C=O) groups is 1. The van der Waals surface area contributed by atoms with E-state index < -0.39 is 0 Å². The molecule has 2 atom stereocenters. The molecule has 0 aliphatic carbocycles. The molecule has 2 fully saturated rings. The van der Waals surface area contributed by atoms with Gasteiger partial charge in [0.05, 0.1) is 5.02 Å². The van der Waals surface area contributed by atoms with E-state index in [-0.39, 0.29) is 11.6 Å². The van der Waals surface area contributed by atoms with Crippen LogP contribution in [-0.4, -0.2) is 47.4 Å². The Balaban J connectivity index is 1.30. The van der Waals surface area contributed by atoms with Gasteiger partial charge in [-0.05, 0) is 62.2 Å². The van der Waals surface area contributed by atoms with Crippen molar-refractivity contribution in [2.75, 3.05) is 24.5 Å². The first-order valence-corrected chi connectivity index (χ1v) is 9.89. The number of rotatable bonds is 6. The molecule has 4 rings (SSSR count). The second kappa shape index (κ2) is 7.95. The molecule has 4 nitrogen and oxygen atoms in total. The summed E-state index contributed by atoms with van der Waals surface area (Å²) in [4.78, 5) is 21.6. The molecule has 0 spiro atoms. The highest BCUT2D eigenvalue weighted by Crippen LogP contribution is 2.32. The predicted octanol–water partition coefficient (Wildman–Crippen LogP) is 4.19. The van der Waals surface area contributed by atoms with Crippen molar-refractivity contribution in [3.63, 3.8) is 0 Å². The van der Waals surface area contributed by atoms with Gasteiger partial charge in [-0.3, -0.25) is 9.69 Å². The lowest BCUT2D eigenvalue weighted by Gasteiger charge is -2.41. The summed E-state index contributed by atoms with van der Waals surface area (Å²) >= 11 is 5.94. The normalized spacial score (nSPS) is 22.2. The smallest absolute Gasteiger partial charge is 0.162 e. The zero-order valence-electron chi connectivity index (χ0n) is 15.2. The second-order valence-corrected chi connectivity index (χ2v) is 7.83. The quantitative estimate of drug-likeness (QED) is 0.696. The predicted molar refractivity (Wildman–Crippen MR) is 105 cm³/mol. The third-order valence-corrected chi connectivity index (χ3v) is 5.88. The lowest BCUT2D eigenvalue weighted by Crippen LogP contribution is -2.54. The Kier molecular flexibility index (Phi) is 5.41. The highest BCUT2D eigenvalue weighted by molar-refractivity contribution is 6.30. The maximum atomic E-state index is 13.0. The van der Waals surface area contributed by atoms with Crippen molar-refractivity contribution in [1.29, 1.82) is 0 Å². The number of Topliss-reactive ketones (excluding diaryl/α,β-unsaturated/α-hetero) is 1. The fourth-order valence-corrected chi connectivity index (χ4v) is 4.41. The number of nitrogens with zero attached hydrogens (tertiary/aromatic N) is 3. The van der Waals surface area contributed by atoms with Gasteiger partial charge in [0.2, 0.25) is 0 Å². The molecular formula is C21H23ClFN3O. The highest BCUT2D eigenvalue weighted by Gasteiger charge is 2.39. The van der Waals surface area contributed by atoms with Crippen molar-refractivity contribution in [2.24, 2.45) is 0 Å². The zero-order chi connectivity index (χ0) is 18.8. The summed E-state index contributed by atoms with van der Waals surface area (Å²) < 4.78 is 13.0. The average molecular weight is 388 g/mol. The molecule has 27 heavy (non-hydrogen) atoms. The lowest BCUT2D eigenvalue weighted by atomic mass is 10.1. The van der Waals surface area contributed by atoms with Crippen molar-refractivity contribution in [3.05, 3.63) is 59.0 Å². The molecule has 2 bridgehead atoms. The number of aromatic nitrogens is 1. The fourth-order valence-electron chi connectivity index (χ4n) is 4.30. The number of benzene rings is 1. The number of halogens is 2. The molecule has 2 aliphatic heterocycles. The SMILES string of the molecule is O=C(CCCN1C2CCC1CN(c1ccc(Cl)cn1)C2)c1ccc(F)cc1. The van der Waals surface area contributed by atoms with Gasteiger partial charge in [-0.1, -0.05) is 11.6 Å². The Labute approximate surface area is 163 Å². The van der Waals surface area contributed by atoms with Gasteiger partial charge in [0, 0.05) is 43.4 Å². The first-order valence-electron chi connectivity index (χ1n) is 9.51. The van der Waals surface area contributed by atoms with Crippen LogP contribution in [0.4, 0.5) is 10.2 Å². The largest absolute Gasteiger partial charge is 0.353 e. The number of piperazine rings is 1. The van der Waals surface area contributed by atoms with Crippen LogP contribution in [0.5, 0.6) is 0 Å². The minimum Gasteiger partial charge on any atom is -0.353 e. The average Bonchev–Trinajstić information content (AvgIpc) is 2.90. The van der Waals surface area contributed by atoms with E-state index in [1.165, 1.54) is 25.0 Å². The second-order valence-electron chi connectivity index (χ2n) is 7.40. The Morgan fingerprint density at radius 1 is 1.11 bits per heavy atom. The molecular weight excluding hydrogens is 365 g/mol. The third kappa shape index (κ3) is 4.14. The van der Waals surface area contributed by atoms with Crippen molar-refractivity contribution < 1.29 is 9.18 Å². The number of fused-ring (bicyclic) bond motifs is 2. The molecule has 0 amide bonds. The van der Waals surface area contributed by atoms with E-state index in [0.717, 1.165) is 31.9 Å². The van der Waals surface area contributed by atoms with E-state index in [1.807, 2.05) is 12.1 Å². The van der Waals surface area contributed by atoms with Gasteiger partial charge in [-0.25, -0.2) is 9.37 Å². The van der Waals surface area contributed by atoms with Gasteiger partial charge in [-0.15, -0.1) is 0 Å². The van der Waals surface area contributed by atoms with Crippen LogP contribution in [0, 0.1) is 5.82 Å². The van der Waals surface area contributed by atoms with Crippen LogP contribution < -0.4 is 4.90 Å². The van der Waals surface area contributed by atoms with Crippen LogP contribution in [-0.2, 0) is 0 Å². The van der Waals surface area contributed by atoms with Crippen molar-refractivity contribution in [3.8, 4) is 0 Å². The summed E-state index contributed by atoms with van der Waals surface area (Å²) in [7, 11) is 0. The summed E-state index contributed by atoms with van der Waals surface area (Å²) in [5.41, 5.74) is 0.595. The summed E-state index contributed by atoms with van der Waals surface area (Å²) in [6.07, 6.45) is 5.43. The first-order chi connectivity index (χ1) is 13.1. The van der Waals surface area contributed by atoms with Crippen LogP contribution in [0.1, 0.15) is 36.0 Å². The van der Waals surface area contributed by atoms with Crippen LogP contribution in [0.25, 0.3) is 0 Å². The van der Waals surface area contributed by atoms with Gasteiger partial charge < -0.3 is 4.90 Å². The molecule has 0 saturated carbocycles. The van der Waals surface area contributed by atoms with E-state index >= 15 is 0 Å². The van der Waals surface area contributed by atoms with Crippen LogP contribution in [0.15, 0.2) is 42.6 Å². The number of ketones is 1. The molecule has 3 heterocycles. The van der Waals surface area contributed by atoms with E-state index in [1.54, 1.807) is 18.3 Å². The van der Waals surface area contributed by atoms with Gasteiger partial charge in [-0.2, -0.15) is 0 Å². The van der Waals surface area contributed by atoms with E-state index in [0.29, 0.717) is 29.1 Å². The van der Waals surface area contributed by atoms with E-state index in [9.17, 15) is 9.18 Å². The van der Waals surface area contributed by atoms with Crippen LogP contribution in [0.3, 0.4) is 0 Å². The lowest BCUT2D eigenvalue weighted by molar-refractivity contribution is 0.0965. The molecule has 0 radical (unpaired) electrons. The summed E-state index contributed by atoms with van der Waals surface area (Å²) in [5, 5.41) is 0.658. The Morgan fingerprint density at radius 3 is 2.44 bits per heavy atom. The van der Waals surface area contributed by atoms with Gasteiger partial charge >= 0.3 is 0 Å². The Morgan fingerprint density at radius 2 is 1.81 bits per heavy atom. The first kappa shape index (κ1) is 18.4. The minimum absolute atomic E-state index is 0.0892. The molecule has 1 aromatic carbocycles. The minimum atomic E-state index is -0.309. The van der Waals surface area contributed by atoms with Crippen molar-refractivity contribution in [2.45, 2.75) is 37.8 Å².